The number of rotatable bonds is 1. The van der Waals surface area contributed by atoms with Crippen LogP contribution in [0, 0.1) is 5.92 Å². The zero-order valence-electron chi connectivity index (χ0n) is 7.75. The molecule has 76 valence electrons. The summed E-state index contributed by atoms with van der Waals surface area (Å²) in [5, 5.41) is 0. The Hall–Kier alpha value is -0.420. The van der Waals surface area contributed by atoms with Crippen LogP contribution in [-0.4, -0.2) is 26.5 Å². The first-order valence-electron chi connectivity index (χ1n) is 4.49. The highest BCUT2D eigenvalue weighted by Gasteiger charge is 2.23. The van der Waals surface area contributed by atoms with E-state index in [1.807, 2.05) is 0 Å². The predicted molar refractivity (Wildman–Crippen MR) is 49.8 cm³/mol. The van der Waals surface area contributed by atoms with E-state index >= 15 is 0 Å². The molecule has 1 heterocycles. The van der Waals surface area contributed by atoms with E-state index in [2.05, 4.69) is 4.72 Å². The van der Waals surface area contributed by atoms with E-state index in [4.69, 9.17) is 0 Å². The van der Waals surface area contributed by atoms with E-state index in [0.717, 1.165) is 12.8 Å². The molecular formula is C8H15NO3S. The minimum absolute atomic E-state index is 0.0210. The van der Waals surface area contributed by atoms with Crippen LogP contribution < -0.4 is 4.72 Å². The summed E-state index contributed by atoms with van der Waals surface area (Å²) in [4.78, 5) is 11.1. The van der Waals surface area contributed by atoms with Crippen LogP contribution in [0.15, 0.2) is 0 Å². The van der Waals surface area contributed by atoms with Crippen LogP contribution in [0.4, 0.5) is 0 Å². The number of hydrogen-bond acceptors (Lipinski definition) is 3. The number of ketones is 1. The number of carbonyl (C=O) groups excluding carboxylic acids is 1. The van der Waals surface area contributed by atoms with Gasteiger partial charge in [-0.1, -0.05) is 6.42 Å². The van der Waals surface area contributed by atoms with Crippen molar-refractivity contribution in [3.8, 4) is 0 Å². The van der Waals surface area contributed by atoms with Crippen molar-refractivity contribution in [2.75, 3.05) is 12.3 Å². The Balaban J connectivity index is 2.70. The van der Waals surface area contributed by atoms with Crippen molar-refractivity contribution < 1.29 is 13.2 Å². The molecule has 1 unspecified atom stereocenters. The van der Waals surface area contributed by atoms with Gasteiger partial charge in [-0.25, -0.2) is 13.1 Å². The van der Waals surface area contributed by atoms with Gasteiger partial charge in [0.05, 0.1) is 5.75 Å². The van der Waals surface area contributed by atoms with Gasteiger partial charge in [0.15, 0.2) is 0 Å². The first kappa shape index (κ1) is 10.7. The Labute approximate surface area is 78.8 Å². The highest BCUT2D eigenvalue weighted by atomic mass is 32.2. The van der Waals surface area contributed by atoms with Crippen molar-refractivity contribution in [1.82, 2.24) is 4.72 Å². The number of sulfonamides is 1. The maximum absolute atomic E-state index is 11.3. The number of Topliss-reactive ketones (excluding diaryl/α,β-unsaturated/α-hetero) is 1. The van der Waals surface area contributed by atoms with E-state index in [0.29, 0.717) is 13.0 Å². The molecule has 1 fully saturated rings. The first-order chi connectivity index (χ1) is 6.01. The molecule has 0 amide bonds. The molecule has 0 saturated carbocycles. The molecule has 1 rings (SSSR count). The van der Waals surface area contributed by atoms with Gasteiger partial charge in [-0.3, -0.25) is 4.79 Å². The number of hydrogen-bond donors (Lipinski definition) is 1. The molecule has 0 bridgehead atoms. The molecule has 0 aromatic carbocycles. The second-order valence-electron chi connectivity index (χ2n) is 3.48. The average molecular weight is 205 g/mol. The fourth-order valence-corrected chi connectivity index (χ4v) is 2.98. The average Bonchev–Trinajstić information content (AvgIpc) is 1.97. The molecule has 0 spiro atoms. The smallest absolute Gasteiger partial charge is 0.212 e. The van der Waals surface area contributed by atoms with Crippen LogP contribution in [0.25, 0.3) is 0 Å². The van der Waals surface area contributed by atoms with E-state index in [9.17, 15) is 13.2 Å². The zero-order valence-corrected chi connectivity index (χ0v) is 8.56. The summed E-state index contributed by atoms with van der Waals surface area (Å²) in [6, 6.07) is 0. The van der Waals surface area contributed by atoms with Crippen LogP contribution >= 0.6 is 0 Å². The molecule has 13 heavy (non-hydrogen) atoms. The van der Waals surface area contributed by atoms with Gasteiger partial charge < -0.3 is 0 Å². The largest absolute Gasteiger partial charge is 0.300 e. The topological polar surface area (TPSA) is 63.2 Å². The zero-order chi connectivity index (χ0) is 9.90. The Bertz CT molecular complexity index is 284. The summed E-state index contributed by atoms with van der Waals surface area (Å²) in [6.45, 7) is 1.97. The van der Waals surface area contributed by atoms with Gasteiger partial charge in [0.2, 0.25) is 10.0 Å². The Morgan fingerprint density at radius 2 is 2.08 bits per heavy atom. The van der Waals surface area contributed by atoms with Gasteiger partial charge in [-0.2, -0.15) is 0 Å². The lowest BCUT2D eigenvalue weighted by Crippen LogP contribution is -2.34. The molecule has 1 saturated heterocycles. The highest BCUT2D eigenvalue weighted by Crippen LogP contribution is 2.14. The van der Waals surface area contributed by atoms with Crippen LogP contribution in [0.3, 0.4) is 0 Å². The summed E-state index contributed by atoms with van der Waals surface area (Å²) in [7, 11) is -3.21. The second-order valence-corrected chi connectivity index (χ2v) is 5.33. The highest BCUT2D eigenvalue weighted by molar-refractivity contribution is 7.89. The molecule has 0 aromatic rings. The third-order valence-corrected chi connectivity index (χ3v) is 3.78. The Kier molecular flexibility index (Phi) is 3.44. The van der Waals surface area contributed by atoms with Gasteiger partial charge in [0, 0.05) is 12.5 Å². The molecule has 1 N–H and O–H groups in total. The minimum atomic E-state index is -3.21. The molecule has 5 heteroatoms. The number of carbonyl (C=O) groups is 1. The minimum Gasteiger partial charge on any atom is -0.300 e. The summed E-state index contributed by atoms with van der Waals surface area (Å²) in [5.41, 5.74) is 0. The van der Waals surface area contributed by atoms with Crippen LogP contribution in [0.5, 0.6) is 0 Å². The summed E-state index contributed by atoms with van der Waals surface area (Å²) in [5.74, 6) is -0.368. The Morgan fingerprint density at radius 3 is 2.69 bits per heavy atom. The molecular weight excluding hydrogens is 190 g/mol. The third kappa shape index (κ3) is 3.44. The standard InChI is InChI=1S/C8H15NO3S/c1-7(10)8-4-2-3-5-9-13(11,12)6-8/h8-9H,2-6H2,1H3. The van der Waals surface area contributed by atoms with E-state index in [1.54, 1.807) is 0 Å². The lowest BCUT2D eigenvalue weighted by atomic mass is 10.0. The van der Waals surface area contributed by atoms with Crippen LogP contribution in [0.2, 0.25) is 0 Å². The normalized spacial score (nSPS) is 28.8. The summed E-state index contributed by atoms with van der Waals surface area (Å²) >= 11 is 0. The summed E-state index contributed by atoms with van der Waals surface area (Å²) < 4.78 is 25.0. The van der Waals surface area contributed by atoms with Crippen molar-refractivity contribution in [3.63, 3.8) is 0 Å². The Morgan fingerprint density at radius 1 is 1.38 bits per heavy atom. The van der Waals surface area contributed by atoms with E-state index in [-0.39, 0.29) is 17.5 Å². The SMILES string of the molecule is CC(=O)C1CCCCNS(=O)(=O)C1. The van der Waals surface area contributed by atoms with Gasteiger partial charge in [-0.05, 0) is 19.8 Å². The van der Waals surface area contributed by atoms with Gasteiger partial charge in [0.25, 0.3) is 0 Å². The van der Waals surface area contributed by atoms with Gasteiger partial charge >= 0.3 is 0 Å². The molecule has 4 nitrogen and oxygen atoms in total. The van der Waals surface area contributed by atoms with Gasteiger partial charge in [-0.15, -0.1) is 0 Å². The maximum Gasteiger partial charge on any atom is 0.212 e. The molecule has 1 atom stereocenters. The molecule has 0 aliphatic carbocycles. The van der Waals surface area contributed by atoms with Crippen LogP contribution in [0.1, 0.15) is 26.2 Å². The van der Waals surface area contributed by atoms with Crippen molar-refractivity contribution in [1.29, 1.82) is 0 Å². The lowest BCUT2D eigenvalue weighted by Gasteiger charge is -2.17. The second kappa shape index (κ2) is 4.19. The van der Waals surface area contributed by atoms with Crippen molar-refractivity contribution >= 4 is 15.8 Å². The molecule has 0 aromatic heterocycles. The monoisotopic (exact) mass is 205 g/mol. The molecule has 1 aliphatic heterocycles. The van der Waals surface area contributed by atoms with E-state index in [1.165, 1.54) is 6.92 Å². The lowest BCUT2D eigenvalue weighted by molar-refractivity contribution is -0.120. The van der Waals surface area contributed by atoms with Crippen molar-refractivity contribution in [2.45, 2.75) is 26.2 Å². The van der Waals surface area contributed by atoms with Crippen LogP contribution in [-0.2, 0) is 14.8 Å². The maximum atomic E-state index is 11.3. The predicted octanol–water partition coefficient (Wildman–Crippen LogP) is 0.295. The third-order valence-electron chi connectivity index (χ3n) is 2.30. The molecule has 1 aliphatic rings. The van der Waals surface area contributed by atoms with Crippen molar-refractivity contribution in [3.05, 3.63) is 0 Å². The fourth-order valence-electron chi connectivity index (χ4n) is 1.47. The number of nitrogens with one attached hydrogen (secondary N) is 1. The van der Waals surface area contributed by atoms with Crippen molar-refractivity contribution in [2.24, 2.45) is 5.92 Å². The quantitative estimate of drug-likeness (QED) is 0.669. The summed E-state index contributed by atoms with van der Waals surface area (Å²) in [6.07, 6.45) is 2.45. The van der Waals surface area contributed by atoms with Gasteiger partial charge in [0.1, 0.15) is 5.78 Å². The van der Waals surface area contributed by atoms with E-state index < -0.39 is 10.0 Å². The molecule has 0 radical (unpaired) electrons. The fraction of sp³-hybridized carbons (Fsp3) is 0.875. The first-order valence-corrected chi connectivity index (χ1v) is 6.14.